The lowest BCUT2D eigenvalue weighted by atomic mass is 9.93. The molecular formula is C17H23N3O. The van der Waals surface area contributed by atoms with Gasteiger partial charge in [-0.25, -0.2) is 4.98 Å². The van der Waals surface area contributed by atoms with Gasteiger partial charge in [-0.2, -0.15) is 0 Å². The lowest BCUT2D eigenvalue weighted by Gasteiger charge is -2.32. The Kier molecular flexibility index (Phi) is 3.83. The quantitative estimate of drug-likeness (QED) is 0.939. The Morgan fingerprint density at radius 1 is 1.43 bits per heavy atom. The van der Waals surface area contributed by atoms with Gasteiger partial charge >= 0.3 is 0 Å². The zero-order chi connectivity index (χ0) is 14.9. The lowest BCUT2D eigenvalue weighted by molar-refractivity contribution is 0.0744. The summed E-state index contributed by atoms with van der Waals surface area (Å²) < 4.78 is 7.98. The standard InChI is InChI=1S/C17H23N3O/c1-13-17(2,8-9-21-13)20-12-19-11-16(20)15(18)10-14-6-4-3-5-7-14/h3-7,11-13,15H,8-10,18H2,1-2H3/t13?,15-,17?/m1/s1. The number of ether oxygens (including phenoxy) is 1. The highest BCUT2D eigenvalue weighted by atomic mass is 16.5. The van der Waals surface area contributed by atoms with Gasteiger partial charge in [-0.05, 0) is 32.3 Å². The van der Waals surface area contributed by atoms with Gasteiger partial charge in [-0.3, -0.25) is 0 Å². The molecule has 21 heavy (non-hydrogen) atoms. The Bertz CT molecular complexity index is 595. The topological polar surface area (TPSA) is 53.1 Å². The number of nitrogens with two attached hydrogens (primary N) is 1. The second kappa shape index (κ2) is 5.62. The molecule has 1 aliphatic heterocycles. The fourth-order valence-corrected chi connectivity index (χ4v) is 3.12. The van der Waals surface area contributed by atoms with Crippen LogP contribution in [-0.4, -0.2) is 22.3 Å². The molecule has 2 aromatic rings. The monoisotopic (exact) mass is 285 g/mol. The first-order valence-electron chi connectivity index (χ1n) is 7.55. The molecule has 0 spiro atoms. The Labute approximate surface area is 125 Å². The third-order valence-electron chi connectivity index (χ3n) is 4.75. The van der Waals surface area contributed by atoms with Crippen molar-refractivity contribution < 1.29 is 4.74 Å². The first kappa shape index (κ1) is 14.3. The van der Waals surface area contributed by atoms with Crippen molar-refractivity contribution in [1.82, 2.24) is 9.55 Å². The van der Waals surface area contributed by atoms with Crippen LogP contribution in [0.4, 0.5) is 0 Å². The van der Waals surface area contributed by atoms with Crippen LogP contribution in [-0.2, 0) is 16.7 Å². The molecule has 0 bridgehead atoms. The van der Waals surface area contributed by atoms with Crippen LogP contribution in [0.3, 0.4) is 0 Å². The maximum absolute atomic E-state index is 6.44. The molecular weight excluding hydrogens is 262 g/mol. The molecule has 3 rings (SSSR count). The van der Waals surface area contributed by atoms with Crippen molar-refractivity contribution in [3.63, 3.8) is 0 Å². The number of rotatable bonds is 4. The summed E-state index contributed by atoms with van der Waals surface area (Å²) in [5, 5.41) is 0. The lowest BCUT2D eigenvalue weighted by Crippen LogP contribution is -2.38. The van der Waals surface area contributed by atoms with Gasteiger partial charge < -0.3 is 15.0 Å². The van der Waals surface area contributed by atoms with E-state index in [0.29, 0.717) is 0 Å². The summed E-state index contributed by atoms with van der Waals surface area (Å²) in [6.45, 7) is 5.15. The van der Waals surface area contributed by atoms with E-state index in [-0.39, 0.29) is 17.7 Å². The van der Waals surface area contributed by atoms with E-state index in [1.54, 1.807) is 0 Å². The van der Waals surface area contributed by atoms with Gasteiger partial charge in [0.1, 0.15) is 0 Å². The predicted octanol–water partition coefficient (Wildman–Crippen LogP) is 2.65. The Balaban J connectivity index is 1.85. The van der Waals surface area contributed by atoms with Gasteiger partial charge in [0.15, 0.2) is 0 Å². The number of hydrogen-bond donors (Lipinski definition) is 1. The van der Waals surface area contributed by atoms with Crippen molar-refractivity contribution in [1.29, 1.82) is 0 Å². The molecule has 0 amide bonds. The smallest absolute Gasteiger partial charge is 0.0954 e. The first-order valence-corrected chi connectivity index (χ1v) is 7.55. The molecule has 0 aliphatic carbocycles. The molecule has 112 valence electrons. The first-order chi connectivity index (χ1) is 10.1. The Morgan fingerprint density at radius 3 is 2.86 bits per heavy atom. The summed E-state index contributed by atoms with van der Waals surface area (Å²) in [5.74, 6) is 0. The van der Waals surface area contributed by atoms with Crippen LogP contribution in [0.15, 0.2) is 42.9 Å². The minimum atomic E-state index is -0.0560. The van der Waals surface area contributed by atoms with E-state index in [1.807, 2.05) is 30.7 Å². The molecule has 2 unspecified atom stereocenters. The summed E-state index contributed by atoms with van der Waals surface area (Å²) >= 11 is 0. The van der Waals surface area contributed by atoms with Crippen molar-refractivity contribution in [2.45, 2.75) is 44.4 Å². The number of nitrogens with zero attached hydrogens (tertiary/aromatic N) is 2. The molecule has 3 atom stereocenters. The zero-order valence-electron chi connectivity index (χ0n) is 12.7. The minimum absolute atomic E-state index is 0.0554. The average molecular weight is 285 g/mol. The SMILES string of the molecule is CC1OCCC1(C)n1cncc1[C@H](N)Cc1ccccc1. The molecule has 4 heteroatoms. The van der Waals surface area contributed by atoms with Crippen LogP contribution in [0.2, 0.25) is 0 Å². The summed E-state index contributed by atoms with van der Waals surface area (Å²) in [6, 6.07) is 10.3. The molecule has 4 nitrogen and oxygen atoms in total. The molecule has 1 aromatic carbocycles. The molecule has 2 heterocycles. The van der Waals surface area contributed by atoms with E-state index in [9.17, 15) is 0 Å². The zero-order valence-corrected chi connectivity index (χ0v) is 12.7. The van der Waals surface area contributed by atoms with Crippen molar-refractivity contribution in [3.05, 3.63) is 54.1 Å². The van der Waals surface area contributed by atoms with Crippen LogP contribution in [0.5, 0.6) is 0 Å². The Morgan fingerprint density at radius 2 is 2.19 bits per heavy atom. The maximum Gasteiger partial charge on any atom is 0.0954 e. The number of benzene rings is 1. The highest BCUT2D eigenvalue weighted by Gasteiger charge is 2.40. The third-order valence-corrected chi connectivity index (χ3v) is 4.75. The van der Waals surface area contributed by atoms with Crippen LogP contribution in [0, 0.1) is 0 Å². The summed E-state index contributed by atoms with van der Waals surface area (Å²) in [4.78, 5) is 4.34. The van der Waals surface area contributed by atoms with Crippen LogP contribution in [0.25, 0.3) is 0 Å². The molecule has 1 aliphatic rings. The largest absolute Gasteiger partial charge is 0.376 e. The van der Waals surface area contributed by atoms with E-state index in [2.05, 4.69) is 35.5 Å². The van der Waals surface area contributed by atoms with Gasteiger partial charge in [-0.1, -0.05) is 30.3 Å². The summed E-state index contributed by atoms with van der Waals surface area (Å²) in [5.41, 5.74) is 8.72. The van der Waals surface area contributed by atoms with Gasteiger partial charge in [0, 0.05) is 12.8 Å². The molecule has 0 saturated carbocycles. The van der Waals surface area contributed by atoms with Crippen molar-refractivity contribution in [2.24, 2.45) is 5.73 Å². The molecule has 1 fully saturated rings. The molecule has 1 aromatic heterocycles. The van der Waals surface area contributed by atoms with E-state index in [0.717, 1.165) is 25.1 Å². The molecule has 2 N–H and O–H groups in total. The fraction of sp³-hybridized carbons (Fsp3) is 0.471. The number of imidazole rings is 1. The molecule has 0 radical (unpaired) electrons. The second-order valence-corrected chi connectivity index (χ2v) is 6.10. The summed E-state index contributed by atoms with van der Waals surface area (Å²) in [6.07, 6.45) is 5.78. The van der Waals surface area contributed by atoms with Crippen LogP contribution >= 0.6 is 0 Å². The number of hydrogen-bond acceptors (Lipinski definition) is 3. The van der Waals surface area contributed by atoms with Gasteiger partial charge in [-0.15, -0.1) is 0 Å². The second-order valence-electron chi connectivity index (χ2n) is 6.10. The van der Waals surface area contributed by atoms with Gasteiger partial charge in [0.05, 0.1) is 29.7 Å². The van der Waals surface area contributed by atoms with E-state index >= 15 is 0 Å². The average Bonchev–Trinajstić information content (AvgIpc) is 3.09. The van der Waals surface area contributed by atoms with E-state index in [4.69, 9.17) is 10.5 Å². The van der Waals surface area contributed by atoms with E-state index in [1.165, 1.54) is 5.56 Å². The highest BCUT2D eigenvalue weighted by molar-refractivity contribution is 5.19. The Hall–Kier alpha value is -1.65. The third kappa shape index (κ3) is 2.61. The number of aromatic nitrogens is 2. The maximum atomic E-state index is 6.44. The fourth-order valence-electron chi connectivity index (χ4n) is 3.12. The van der Waals surface area contributed by atoms with Crippen molar-refractivity contribution in [2.75, 3.05) is 6.61 Å². The van der Waals surface area contributed by atoms with Crippen LogP contribution in [0.1, 0.15) is 37.6 Å². The van der Waals surface area contributed by atoms with Crippen molar-refractivity contribution >= 4 is 0 Å². The predicted molar refractivity (Wildman–Crippen MR) is 83.0 cm³/mol. The molecule has 1 saturated heterocycles. The van der Waals surface area contributed by atoms with Gasteiger partial charge in [0.2, 0.25) is 0 Å². The minimum Gasteiger partial charge on any atom is -0.376 e. The van der Waals surface area contributed by atoms with Crippen molar-refractivity contribution in [3.8, 4) is 0 Å². The summed E-state index contributed by atoms with van der Waals surface area (Å²) in [7, 11) is 0. The van der Waals surface area contributed by atoms with Crippen LogP contribution < -0.4 is 5.73 Å². The highest BCUT2D eigenvalue weighted by Crippen LogP contribution is 2.35. The normalized spacial score (nSPS) is 26.9. The van der Waals surface area contributed by atoms with Gasteiger partial charge in [0.25, 0.3) is 0 Å². The van der Waals surface area contributed by atoms with E-state index < -0.39 is 0 Å².